The van der Waals surface area contributed by atoms with Crippen molar-refractivity contribution in [2.45, 2.75) is 11.3 Å². The molecule has 0 aromatic carbocycles. The molecule has 3 aromatic heterocycles. The molecule has 98 valence electrons. The Kier molecular flexibility index (Phi) is 2.62. The predicted octanol–water partition coefficient (Wildman–Crippen LogP) is 0.809. The van der Waals surface area contributed by atoms with E-state index in [4.69, 9.17) is 5.14 Å². The summed E-state index contributed by atoms with van der Waals surface area (Å²) in [6.45, 7) is 1.80. The van der Waals surface area contributed by atoms with Crippen LogP contribution in [0.15, 0.2) is 28.7 Å². The highest BCUT2D eigenvalue weighted by Crippen LogP contribution is 2.26. The van der Waals surface area contributed by atoms with Crippen LogP contribution in [0.5, 0.6) is 0 Å². The van der Waals surface area contributed by atoms with E-state index < -0.39 is 10.0 Å². The van der Waals surface area contributed by atoms with Crippen LogP contribution in [0.4, 0.5) is 0 Å². The number of rotatable bonds is 2. The molecular formula is C10H9N5O2S2. The highest BCUT2D eigenvalue weighted by atomic mass is 32.2. The molecule has 0 aliphatic rings. The number of fused-ring (bicyclic) bond motifs is 1. The first kappa shape index (κ1) is 12.2. The average molecular weight is 295 g/mol. The van der Waals surface area contributed by atoms with E-state index in [1.807, 2.05) is 18.2 Å². The molecule has 9 heteroatoms. The van der Waals surface area contributed by atoms with Gasteiger partial charge in [-0.15, -0.1) is 5.10 Å². The molecule has 7 nitrogen and oxygen atoms in total. The molecule has 3 aromatic rings. The van der Waals surface area contributed by atoms with Gasteiger partial charge in [0.2, 0.25) is 9.30 Å². The first-order chi connectivity index (χ1) is 8.97. The van der Waals surface area contributed by atoms with Crippen molar-refractivity contribution in [1.82, 2.24) is 19.6 Å². The molecule has 0 aliphatic carbocycles. The van der Waals surface area contributed by atoms with E-state index >= 15 is 0 Å². The minimum Gasteiger partial charge on any atom is -0.255 e. The molecule has 0 atom stereocenters. The molecule has 0 unspecified atom stereocenters. The van der Waals surface area contributed by atoms with Gasteiger partial charge in [-0.3, -0.25) is 4.98 Å². The number of nitrogens with zero attached hydrogens (tertiary/aromatic N) is 4. The Hall–Kier alpha value is -1.84. The Morgan fingerprint density at radius 1 is 1.37 bits per heavy atom. The summed E-state index contributed by atoms with van der Waals surface area (Å²) < 4.78 is 23.8. The third kappa shape index (κ3) is 2.01. The molecule has 0 fully saturated rings. The van der Waals surface area contributed by atoms with Crippen LogP contribution in [-0.4, -0.2) is 28.0 Å². The lowest BCUT2D eigenvalue weighted by Gasteiger charge is -1.96. The fourth-order valence-corrected chi connectivity index (χ4v) is 3.26. The maximum Gasteiger partial charge on any atom is 0.267 e. The smallest absolute Gasteiger partial charge is 0.255 e. The van der Waals surface area contributed by atoms with E-state index in [-0.39, 0.29) is 4.34 Å². The lowest BCUT2D eigenvalue weighted by Crippen LogP contribution is -2.12. The average Bonchev–Trinajstić information content (AvgIpc) is 2.90. The molecule has 0 amide bonds. The molecule has 2 N–H and O–H groups in total. The monoisotopic (exact) mass is 295 g/mol. The highest BCUT2D eigenvalue weighted by molar-refractivity contribution is 7.91. The van der Waals surface area contributed by atoms with Gasteiger partial charge in [-0.25, -0.2) is 23.1 Å². The number of aryl methyl sites for hydroxylation is 1. The number of primary sulfonamides is 1. The molecule has 3 rings (SSSR count). The fourth-order valence-electron chi connectivity index (χ4n) is 1.69. The number of sulfonamides is 1. The topological polar surface area (TPSA) is 103 Å². The van der Waals surface area contributed by atoms with Gasteiger partial charge in [-0.2, -0.15) is 0 Å². The van der Waals surface area contributed by atoms with Crippen LogP contribution in [0.3, 0.4) is 0 Å². The van der Waals surface area contributed by atoms with Gasteiger partial charge < -0.3 is 0 Å². The van der Waals surface area contributed by atoms with E-state index in [0.717, 1.165) is 22.7 Å². The van der Waals surface area contributed by atoms with Crippen LogP contribution in [0.2, 0.25) is 0 Å². The molecule has 0 radical (unpaired) electrons. The van der Waals surface area contributed by atoms with Gasteiger partial charge in [0.15, 0.2) is 0 Å². The number of hydrogen-bond acceptors (Lipinski definition) is 6. The number of nitrogens with two attached hydrogens (primary N) is 1. The van der Waals surface area contributed by atoms with Gasteiger partial charge in [0, 0.05) is 6.20 Å². The molecule has 3 heterocycles. The van der Waals surface area contributed by atoms with Crippen molar-refractivity contribution in [1.29, 1.82) is 0 Å². The van der Waals surface area contributed by atoms with Crippen molar-refractivity contribution >= 4 is 26.3 Å². The van der Waals surface area contributed by atoms with Gasteiger partial charge in [0.25, 0.3) is 10.0 Å². The minimum atomic E-state index is -3.80. The van der Waals surface area contributed by atoms with Crippen molar-refractivity contribution in [3.63, 3.8) is 0 Å². The number of pyridine rings is 1. The summed E-state index contributed by atoms with van der Waals surface area (Å²) in [6, 6.07) is 5.51. The highest BCUT2D eigenvalue weighted by Gasteiger charge is 2.20. The number of aromatic nitrogens is 4. The van der Waals surface area contributed by atoms with Crippen LogP contribution >= 0.6 is 11.3 Å². The lowest BCUT2D eigenvalue weighted by molar-refractivity contribution is 0.594. The third-order valence-corrected chi connectivity index (χ3v) is 4.78. The fraction of sp³-hybridized carbons (Fsp3) is 0.100. The molecule has 0 bridgehead atoms. The first-order valence-electron chi connectivity index (χ1n) is 5.27. The summed E-state index contributed by atoms with van der Waals surface area (Å²) in [5.74, 6) is 0. The largest absolute Gasteiger partial charge is 0.267 e. The van der Waals surface area contributed by atoms with Gasteiger partial charge in [-0.1, -0.05) is 17.4 Å². The van der Waals surface area contributed by atoms with E-state index in [1.54, 1.807) is 13.1 Å². The second-order valence-electron chi connectivity index (χ2n) is 3.87. The van der Waals surface area contributed by atoms with Crippen LogP contribution < -0.4 is 5.14 Å². The van der Waals surface area contributed by atoms with Crippen molar-refractivity contribution in [2.24, 2.45) is 5.14 Å². The van der Waals surface area contributed by atoms with E-state index in [2.05, 4.69) is 15.1 Å². The van der Waals surface area contributed by atoms with E-state index in [1.165, 1.54) is 4.52 Å². The second kappa shape index (κ2) is 4.08. The number of imidazole rings is 1. The van der Waals surface area contributed by atoms with E-state index in [9.17, 15) is 8.42 Å². The van der Waals surface area contributed by atoms with Crippen LogP contribution in [0, 0.1) is 6.92 Å². The summed E-state index contributed by atoms with van der Waals surface area (Å²) >= 11 is 0.934. The maximum absolute atomic E-state index is 11.2. The van der Waals surface area contributed by atoms with Crippen molar-refractivity contribution in [3.8, 4) is 11.4 Å². The van der Waals surface area contributed by atoms with Crippen molar-refractivity contribution in [2.75, 3.05) is 0 Å². The zero-order valence-electron chi connectivity index (χ0n) is 9.81. The summed E-state index contributed by atoms with van der Waals surface area (Å²) in [5, 5.41) is 9.01. The van der Waals surface area contributed by atoms with Crippen LogP contribution in [-0.2, 0) is 10.0 Å². The number of hydrogen-bond donors (Lipinski definition) is 1. The Morgan fingerprint density at radius 2 is 2.16 bits per heavy atom. The maximum atomic E-state index is 11.2. The molecule has 0 saturated carbocycles. The second-order valence-corrected chi connectivity index (χ2v) is 6.56. The van der Waals surface area contributed by atoms with Crippen molar-refractivity contribution in [3.05, 3.63) is 30.1 Å². The summed E-state index contributed by atoms with van der Waals surface area (Å²) in [7, 11) is -3.80. The van der Waals surface area contributed by atoms with Crippen molar-refractivity contribution < 1.29 is 8.42 Å². The third-order valence-electron chi connectivity index (χ3n) is 2.56. The Labute approximate surface area is 112 Å². The normalized spacial score (nSPS) is 12.1. The predicted molar refractivity (Wildman–Crippen MR) is 70.2 cm³/mol. The standard InChI is InChI=1S/C10H9N5O2S2/c1-6-8(7-4-2-3-5-12-7)13-9-15(6)14-10(18-9)19(11,16)17/h2-5H,1H3,(H2,11,16,17). The zero-order valence-corrected chi connectivity index (χ0v) is 11.4. The summed E-state index contributed by atoms with van der Waals surface area (Å²) in [4.78, 5) is 9.04. The van der Waals surface area contributed by atoms with Crippen LogP contribution in [0.1, 0.15) is 5.69 Å². The molecule has 19 heavy (non-hydrogen) atoms. The lowest BCUT2D eigenvalue weighted by atomic mass is 10.2. The van der Waals surface area contributed by atoms with E-state index in [0.29, 0.717) is 10.7 Å². The molecular weight excluding hydrogens is 286 g/mol. The summed E-state index contributed by atoms with van der Waals surface area (Å²) in [6.07, 6.45) is 1.67. The summed E-state index contributed by atoms with van der Waals surface area (Å²) in [5.41, 5.74) is 2.12. The Morgan fingerprint density at radius 3 is 2.74 bits per heavy atom. The zero-order chi connectivity index (χ0) is 13.6. The molecule has 0 spiro atoms. The minimum absolute atomic E-state index is 0.148. The van der Waals surface area contributed by atoms with Gasteiger partial charge in [-0.05, 0) is 19.1 Å². The van der Waals surface area contributed by atoms with Gasteiger partial charge in [0.05, 0.1) is 11.4 Å². The molecule has 0 saturated heterocycles. The van der Waals surface area contributed by atoms with Gasteiger partial charge in [0.1, 0.15) is 5.69 Å². The molecule has 0 aliphatic heterocycles. The first-order valence-corrected chi connectivity index (χ1v) is 7.63. The quantitative estimate of drug-likeness (QED) is 0.753. The Bertz CT molecular complexity index is 851. The SMILES string of the molecule is Cc1c(-c2ccccn2)nc2sc(S(N)(=O)=O)nn12. The Balaban J connectivity index is 2.21. The van der Waals surface area contributed by atoms with Crippen LogP contribution in [0.25, 0.3) is 16.3 Å². The van der Waals surface area contributed by atoms with Gasteiger partial charge >= 0.3 is 0 Å².